The van der Waals surface area contributed by atoms with Crippen molar-refractivity contribution in [3.8, 4) is 0 Å². The van der Waals surface area contributed by atoms with E-state index in [-0.39, 0.29) is 17.9 Å². The lowest BCUT2D eigenvalue weighted by atomic mass is 9.97. The van der Waals surface area contributed by atoms with Gasteiger partial charge in [-0.15, -0.1) is 0 Å². The van der Waals surface area contributed by atoms with Crippen LogP contribution < -0.4 is 5.32 Å². The standard InChI is InChI=1S/C21H17BrN2O3/c22-18-12-11-16(13-20(18)24(26)27)19(23-17-9-5-2-6-10-17)14-21(25)15-7-3-1-4-8-15/h1-13,19,23H,14H2. The van der Waals surface area contributed by atoms with Gasteiger partial charge in [-0.3, -0.25) is 14.9 Å². The van der Waals surface area contributed by atoms with Crippen molar-refractivity contribution in [3.63, 3.8) is 0 Å². The second-order valence-electron chi connectivity index (χ2n) is 6.02. The Balaban J connectivity index is 1.93. The Labute approximate surface area is 165 Å². The maximum Gasteiger partial charge on any atom is 0.283 e. The fourth-order valence-electron chi connectivity index (χ4n) is 2.80. The number of halogens is 1. The molecule has 0 aliphatic rings. The Morgan fingerprint density at radius 1 is 1.00 bits per heavy atom. The summed E-state index contributed by atoms with van der Waals surface area (Å²) in [6.45, 7) is 0. The molecule has 6 heteroatoms. The van der Waals surface area contributed by atoms with Gasteiger partial charge in [0.25, 0.3) is 5.69 Å². The van der Waals surface area contributed by atoms with Gasteiger partial charge < -0.3 is 5.32 Å². The van der Waals surface area contributed by atoms with E-state index in [1.54, 1.807) is 24.3 Å². The zero-order valence-corrected chi connectivity index (χ0v) is 15.9. The Morgan fingerprint density at radius 2 is 1.63 bits per heavy atom. The fraction of sp³-hybridized carbons (Fsp3) is 0.0952. The van der Waals surface area contributed by atoms with Crippen molar-refractivity contribution in [1.82, 2.24) is 0 Å². The maximum atomic E-state index is 12.7. The first-order valence-corrected chi connectivity index (χ1v) is 9.17. The van der Waals surface area contributed by atoms with Gasteiger partial charge in [-0.2, -0.15) is 0 Å². The molecule has 1 atom stereocenters. The SMILES string of the molecule is O=C(CC(Nc1ccccc1)c1ccc(Br)c([N+](=O)[O-])c1)c1ccccc1. The van der Waals surface area contributed by atoms with Gasteiger partial charge in [-0.1, -0.05) is 54.6 Å². The highest BCUT2D eigenvalue weighted by Crippen LogP contribution is 2.31. The topological polar surface area (TPSA) is 72.2 Å². The van der Waals surface area contributed by atoms with E-state index in [1.165, 1.54) is 6.07 Å². The highest BCUT2D eigenvalue weighted by atomic mass is 79.9. The molecule has 0 bridgehead atoms. The minimum absolute atomic E-state index is 0.0282. The number of para-hydroxylation sites is 1. The lowest BCUT2D eigenvalue weighted by Crippen LogP contribution is -2.16. The van der Waals surface area contributed by atoms with Gasteiger partial charge >= 0.3 is 0 Å². The van der Waals surface area contributed by atoms with E-state index in [2.05, 4.69) is 21.2 Å². The van der Waals surface area contributed by atoms with Crippen LogP contribution in [0.1, 0.15) is 28.4 Å². The van der Waals surface area contributed by atoms with Crippen LogP contribution in [0.2, 0.25) is 0 Å². The number of benzene rings is 3. The molecule has 0 aliphatic carbocycles. The highest BCUT2D eigenvalue weighted by molar-refractivity contribution is 9.10. The second kappa shape index (κ2) is 8.60. The maximum absolute atomic E-state index is 12.7. The molecule has 0 saturated carbocycles. The summed E-state index contributed by atoms with van der Waals surface area (Å²) in [5.41, 5.74) is 2.11. The van der Waals surface area contributed by atoms with Crippen molar-refractivity contribution in [1.29, 1.82) is 0 Å². The molecule has 0 heterocycles. The van der Waals surface area contributed by atoms with E-state index in [0.717, 1.165) is 5.69 Å². The first-order chi connectivity index (χ1) is 13.0. The fourth-order valence-corrected chi connectivity index (χ4v) is 3.19. The van der Waals surface area contributed by atoms with Crippen molar-refractivity contribution in [3.05, 3.63) is 105 Å². The lowest BCUT2D eigenvalue weighted by Gasteiger charge is -2.20. The van der Waals surface area contributed by atoms with Crippen molar-refractivity contribution < 1.29 is 9.72 Å². The van der Waals surface area contributed by atoms with E-state index in [9.17, 15) is 14.9 Å². The first-order valence-electron chi connectivity index (χ1n) is 8.38. The third-order valence-electron chi connectivity index (χ3n) is 4.17. The van der Waals surface area contributed by atoms with Gasteiger partial charge in [0, 0.05) is 23.7 Å². The highest BCUT2D eigenvalue weighted by Gasteiger charge is 2.21. The quantitative estimate of drug-likeness (QED) is 0.296. The van der Waals surface area contributed by atoms with Gasteiger partial charge in [0.15, 0.2) is 5.78 Å². The normalized spacial score (nSPS) is 11.6. The number of hydrogen-bond donors (Lipinski definition) is 1. The van der Waals surface area contributed by atoms with Crippen LogP contribution in [0.25, 0.3) is 0 Å². The van der Waals surface area contributed by atoms with Crippen molar-refractivity contribution in [2.75, 3.05) is 5.32 Å². The van der Waals surface area contributed by atoms with Gasteiger partial charge in [0.2, 0.25) is 0 Å². The third kappa shape index (κ3) is 4.80. The van der Waals surface area contributed by atoms with E-state index in [0.29, 0.717) is 15.6 Å². The molecule has 1 unspecified atom stereocenters. The predicted octanol–water partition coefficient (Wildman–Crippen LogP) is 5.78. The largest absolute Gasteiger partial charge is 0.378 e. The minimum Gasteiger partial charge on any atom is -0.378 e. The van der Waals surface area contributed by atoms with Crippen molar-refractivity contribution in [2.24, 2.45) is 0 Å². The molecule has 1 N–H and O–H groups in total. The van der Waals surface area contributed by atoms with Crippen LogP contribution in [0.15, 0.2) is 83.3 Å². The second-order valence-corrected chi connectivity index (χ2v) is 6.88. The number of carbonyl (C=O) groups is 1. The zero-order valence-electron chi connectivity index (χ0n) is 14.3. The number of nitro benzene ring substituents is 1. The summed E-state index contributed by atoms with van der Waals surface area (Å²) < 4.78 is 0.407. The number of nitro groups is 1. The first kappa shape index (κ1) is 18.8. The van der Waals surface area contributed by atoms with Gasteiger partial charge in [0.1, 0.15) is 0 Å². The molecule has 136 valence electrons. The molecule has 0 radical (unpaired) electrons. The minimum atomic E-state index is -0.438. The Kier molecular flexibility index (Phi) is 5.98. The van der Waals surface area contributed by atoms with Crippen LogP contribution in [0.4, 0.5) is 11.4 Å². The van der Waals surface area contributed by atoms with E-state index >= 15 is 0 Å². The van der Waals surface area contributed by atoms with Crippen LogP contribution in [0.3, 0.4) is 0 Å². The molecule has 0 saturated heterocycles. The number of nitrogens with one attached hydrogen (secondary N) is 1. The average Bonchev–Trinajstić information content (AvgIpc) is 2.69. The van der Waals surface area contributed by atoms with Crippen LogP contribution in [-0.2, 0) is 0 Å². The zero-order chi connectivity index (χ0) is 19.2. The number of Topliss-reactive ketones (excluding diaryl/α,β-unsaturated/α-hetero) is 1. The van der Waals surface area contributed by atoms with E-state index < -0.39 is 11.0 Å². The summed E-state index contributed by atoms with van der Waals surface area (Å²) in [7, 11) is 0. The van der Waals surface area contributed by atoms with Crippen LogP contribution in [0.5, 0.6) is 0 Å². The number of ketones is 1. The smallest absolute Gasteiger partial charge is 0.283 e. The molecular formula is C21H17BrN2O3. The molecule has 3 aromatic rings. The number of rotatable bonds is 7. The summed E-state index contributed by atoms with van der Waals surface area (Å²) in [5, 5.41) is 14.6. The molecule has 0 fully saturated rings. The van der Waals surface area contributed by atoms with Crippen LogP contribution in [-0.4, -0.2) is 10.7 Å². The summed E-state index contributed by atoms with van der Waals surface area (Å²) in [5.74, 6) is -0.0328. The lowest BCUT2D eigenvalue weighted by molar-refractivity contribution is -0.385. The predicted molar refractivity (Wildman–Crippen MR) is 109 cm³/mol. The average molecular weight is 425 g/mol. The number of nitrogens with zero attached hydrogens (tertiary/aromatic N) is 1. The molecule has 0 aromatic heterocycles. The summed E-state index contributed by atoms with van der Waals surface area (Å²) in [6.07, 6.45) is 0.178. The van der Waals surface area contributed by atoms with Crippen LogP contribution in [0, 0.1) is 10.1 Å². The molecule has 3 aromatic carbocycles. The van der Waals surface area contributed by atoms with Gasteiger partial charge in [-0.25, -0.2) is 0 Å². The Morgan fingerprint density at radius 3 is 2.26 bits per heavy atom. The number of anilines is 1. The van der Waals surface area contributed by atoms with Crippen molar-refractivity contribution in [2.45, 2.75) is 12.5 Å². The monoisotopic (exact) mass is 424 g/mol. The molecule has 3 rings (SSSR count). The van der Waals surface area contributed by atoms with Crippen molar-refractivity contribution >= 4 is 33.1 Å². The molecule has 0 spiro atoms. The van der Waals surface area contributed by atoms with Gasteiger partial charge in [-0.05, 0) is 39.7 Å². The number of carbonyl (C=O) groups excluding carboxylic acids is 1. The molecule has 0 amide bonds. The molecule has 27 heavy (non-hydrogen) atoms. The Bertz CT molecular complexity index is 946. The molecule has 5 nitrogen and oxygen atoms in total. The summed E-state index contributed by atoms with van der Waals surface area (Å²) in [4.78, 5) is 23.6. The van der Waals surface area contributed by atoms with Crippen LogP contribution >= 0.6 is 15.9 Å². The van der Waals surface area contributed by atoms with E-state index in [1.807, 2.05) is 48.5 Å². The molecular weight excluding hydrogens is 408 g/mol. The summed E-state index contributed by atoms with van der Waals surface area (Å²) >= 11 is 3.21. The van der Waals surface area contributed by atoms with Gasteiger partial charge in [0.05, 0.1) is 15.4 Å². The Hall–Kier alpha value is -2.99. The molecule has 0 aliphatic heterocycles. The third-order valence-corrected chi connectivity index (χ3v) is 4.84. The number of hydrogen-bond acceptors (Lipinski definition) is 4. The van der Waals surface area contributed by atoms with E-state index in [4.69, 9.17) is 0 Å². The summed E-state index contributed by atoms with van der Waals surface area (Å²) in [6, 6.07) is 23.0.